The fourth-order valence-electron chi connectivity index (χ4n) is 2.31. The fraction of sp³-hybridized carbons (Fsp3) is 0.462. The molecule has 1 heterocycles. The van der Waals surface area contributed by atoms with Gasteiger partial charge in [-0.2, -0.15) is 12.6 Å². The molecular formula is C13H15F2NOS. The van der Waals surface area contributed by atoms with E-state index < -0.39 is 11.6 Å². The van der Waals surface area contributed by atoms with E-state index >= 15 is 0 Å². The molecule has 0 aromatic heterocycles. The van der Waals surface area contributed by atoms with E-state index in [1.165, 1.54) is 12.1 Å². The highest BCUT2D eigenvalue weighted by Crippen LogP contribution is 2.30. The van der Waals surface area contributed by atoms with Crippen LogP contribution in [0.15, 0.2) is 18.2 Å². The molecule has 1 saturated heterocycles. The third-order valence-corrected chi connectivity index (χ3v) is 3.89. The number of benzene rings is 1. The number of hydrogen-bond acceptors (Lipinski definition) is 2. The molecule has 5 heteroatoms. The maximum atomic E-state index is 13.7. The van der Waals surface area contributed by atoms with Gasteiger partial charge < -0.3 is 4.90 Å². The Labute approximate surface area is 110 Å². The molecule has 1 aromatic carbocycles. The highest BCUT2D eigenvalue weighted by Gasteiger charge is 2.33. The van der Waals surface area contributed by atoms with Gasteiger partial charge in [-0.1, -0.05) is 6.07 Å². The summed E-state index contributed by atoms with van der Waals surface area (Å²) >= 11 is 4.18. The van der Waals surface area contributed by atoms with Gasteiger partial charge in [0, 0.05) is 24.6 Å². The third-order valence-electron chi connectivity index (χ3n) is 3.38. The van der Waals surface area contributed by atoms with E-state index in [1.807, 2.05) is 0 Å². The quantitative estimate of drug-likeness (QED) is 0.838. The Kier molecular flexibility index (Phi) is 3.90. The molecule has 2 nitrogen and oxygen atoms in total. The molecule has 0 bridgehead atoms. The van der Waals surface area contributed by atoms with E-state index in [9.17, 15) is 13.6 Å². The molecule has 1 aliphatic rings. The SMILES string of the molecule is CC(c1ccc(F)cc1F)N1CC(CS)CC1=O. The predicted octanol–water partition coefficient (Wildman–Crippen LogP) is 2.80. The van der Waals surface area contributed by atoms with Crippen LogP contribution in [0.2, 0.25) is 0 Å². The summed E-state index contributed by atoms with van der Waals surface area (Å²) in [7, 11) is 0. The molecule has 0 N–H and O–H groups in total. The van der Waals surface area contributed by atoms with Crippen LogP contribution in [-0.2, 0) is 4.79 Å². The lowest BCUT2D eigenvalue weighted by Gasteiger charge is -2.25. The standard InChI is InChI=1S/C13H15F2NOS/c1-8(11-3-2-10(14)5-12(11)15)16-6-9(7-18)4-13(16)17/h2-3,5,8-9,18H,4,6-7H2,1H3. The number of carbonyl (C=O) groups is 1. The summed E-state index contributed by atoms with van der Waals surface area (Å²) in [6.07, 6.45) is 0.455. The Morgan fingerprint density at radius 3 is 2.78 bits per heavy atom. The van der Waals surface area contributed by atoms with Crippen LogP contribution in [0.3, 0.4) is 0 Å². The van der Waals surface area contributed by atoms with Crippen LogP contribution in [0.25, 0.3) is 0 Å². The van der Waals surface area contributed by atoms with Crippen molar-refractivity contribution in [2.75, 3.05) is 12.3 Å². The zero-order valence-electron chi connectivity index (χ0n) is 10.1. The summed E-state index contributed by atoms with van der Waals surface area (Å²) in [6, 6.07) is 3.09. The minimum atomic E-state index is -0.607. The molecule has 1 amide bonds. The molecule has 2 atom stereocenters. The van der Waals surface area contributed by atoms with E-state index in [0.29, 0.717) is 24.3 Å². The van der Waals surface area contributed by atoms with Gasteiger partial charge in [-0.3, -0.25) is 4.79 Å². The fourth-order valence-corrected chi connectivity index (χ4v) is 2.56. The van der Waals surface area contributed by atoms with Crippen LogP contribution in [0.4, 0.5) is 8.78 Å². The van der Waals surface area contributed by atoms with Crippen LogP contribution in [-0.4, -0.2) is 23.1 Å². The Morgan fingerprint density at radius 2 is 2.22 bits per heavy atom. The van der Waals surface area contributed by atoms with Crippen LogP contribution in [0, 0.1) is 17.6 Å². The van der Waals surface area contributed by atoms with Gasteiger partial charge in [0.15, 0.2) is 0 Å². The molecular weight excluding hydrogens is 256 g/mol. The highest BCUT2D eigenvalue weighted by atomic mass is 32.1. The van der Waals surface area contributed by atoms with E-state index in [2.05, 4.69) is 12.6 Å². The molecule has 0 aliphatic carbocycles. The average molecular weight is 271 g/mol. The van der Waals surface area contributed by atoms with Crippen molar-refractivity contribution in [3.8, 4) is 0 Å². The number of amides is 1. The summed E-state index contributed by atoms with van der Waals surface area (Å²) in [6.45, 7) is 2.34. The Bertz CT molecular complexity index is 466. The highest BCUT2D eigenvalue weighted by molar-refractivity contribution is 7.80. The number of rotatable bonds is 3. The van der Waals surface area contributed by atoms with Crippen LogP contribution in [0.5, 0.6) is 0 Å². The molecule has 2 rings (SSSR count). The second-order valence-corrected chi connectivity index (χ2v) is 5.01. The molecule has 1 aliphatic heterocycles. The molecule has 1 aromatic rings. The maximum absolute atomic E-state index is 13.7. The minimum Gasteiger partial charge on any atom is -0.335 e. The van der Waals surface area contributed by atoms with Crippen molar-refractivity contribution in [2.24, 2.45) is 5.92 Å². The molecule has 2 unspecified atom stereocenters. The lowest BCUT2D eigenvalue weighted by molar-refractivity contribution is -0.129. The summed E-state index contributed by atoms with van der Waals surface area (Å²) in [4.78, 5) is 13.5. The monoisotopic (exact) mass is 271 g/mol. The number of nitrogens with zero attached hydrogens (tertiary/aromatic N) is 1. The number of likely N-dealkylation sites (tertiary alicyclic amines) is 1. The number of thiol groups is 1. The van der Waals surface area contributed by atoms with Crippen LogP contribution >= 0.6 is 12.6 Å². The smallest absolute Gasteiger partial charge is 0.223 e. The summed E-state index contributed by atoms with van der Waals surface area (Å²) in [5.74, 6) is -0.355. The number of hydrogen-bond donors (Lipinski definition) is 1. The van der Waals surface area contributed by atoms with E-state index in [4.69, 9.17) is 0 Å². The topological polar surface area (TPSA) is 20.3 Å². The Morgan fingerprint density at radius 1 is 1.50 bits per heavy atom. The third kappa shape index (κ3) is 2.51. The molecule has 98 valence electrons. The first-order valence-corrected chi connectivity index (χ1v) is 6.51. The van der Waals surface area contributed by atoms with Crippen molar-refractivity contribution >= 4 is 18.5 Å². The van der Waals surface area contributed by atoms with Gasteiger partial charge in [-0.05, 0) is 24.7 Å². The lowest BCUT2D eigenvalue weighted by atomic mass is 10.1. The predicted molar refractivity (Wildman–Crippen MR) is 68.4 cm³/mol. The number of halogens is 2. The van der Waals surface area contributed by atoms with Gasteiger partial charge in [0.25, 0.3) is 0 Å². The summed E-state index contributed by atoms with van der Waals surface area (Å²) in [5.41, 5.74) is 0.351. The summed E-state index contributed by atoms with van der Waals surface area (Å²) in [5, 5.41) is 0. The number of carbonyl (C=O) groups excluding carboxylic acids is 1. The molecule has 0 radical (unpaired) electrons. The van der Waals surface area contributed by atoms with E-state index in [-0.39, 0.29) is 17.9 Å². The van der Waals surface area contributed by atoms with Gasteiger partial charge in [0.05, 0.1) is 6.04 Å². The zero-order valence-corrected chi connectivity index (χ0v) is 11.0. The second kappa shape index (κ2) is 5.26. The minimum absolute atomic E-state index is 0.00488. The molecule has 0 spiro atoms. The van der Waals surface area contributed by atoms with Crippen molar-refractivity contribution in [3.05, 3.63) is 35.4 Å². The van der Waals surface area contributed by atoms with Crippen molar-refractivity contribution in [1.82, 2.24) is 4.90 Å². The van der Waals surface area contributed by atoms with Crippen molar-refractivity contribution < 1.29 is 13.6 Å². The first kappa shape index (κ1) is 13.3. The lowest BCUT2D eigenvalue weighted by Crippen LogP contribution is -2.29. The Hall–Kier alpha value is -1.10. The largest absolute Gasteiger partial charge is 0.335 e. The molecule has 18 heavy (non-hydrogen) atoms. The van der Waals surface area contributed by atoms with Crippen molar-refractivity contribution in [1.29, 1.82) is 0 Å². The molecule has 1 fully saturated rings. The maximum Gasteiger partial charge on any atom is 0.223 e. The van der Waals surface area contributed by atoms with Crippen molar-refractivity contribution in [2.45, 2.75) is 19.4 Å². The van der Waals surface area contributed by atoms with Crippen LogP contribution < -0.4 is 0 Å². The first-order chi connectivity index (χ1) is 8.52. The van der Waals surface area contributed by atoms with Gasteiger partial charge >= 0.3 is 0 Å². The van der Waals surface area contributed by atoms with Crippen LogP contribution in [0.1, 0.15) is 24.9 Å². The second-order valence-electron chi connectivity index (χ2n) is 4.64. The zero-order chi connectivity index (χ0) is 13.3. The van der Waals surface area contributed by atoms with Gasteiger partial charge in [0.2, 0.25) is 5.91 Å². The Balaban J connectivity index is 2.21. The average Bonchev–Trinajstić information content (AvgIpc) is 2.70. The normalized spacial score (nSPS) is 21.4. The first-order valence-electron chi connectivity index (χ1n) is 5.88. The van der Waals surface area contributed by atoms with Crippen molar-refractivity contribution in [3.63, 3.8) is 0 Å². The van der Waals surface area contributed by atoms with E-state index in [1.54, 1.807) is 11.8 Å². The van der Waals surface area contributed by atoms with Gasteiger partial charge in [0.1, 0.15) is 11.6 Å². The van der Waals surface area contributed by atoms with Gasteiger partial charge in [-0.25, -0.2) is 8.78 Å². The van der Waals surface area contributed by atoms with Gasteiger partial charge in [-0.15, -0.1) is 0 Å². The summed E-state index contributed by atoms with van der Waals surface area (Å²) < 4.78 is 26.5. The molecule has 0 saturated carbocycles. The van der Waals surface area contributed by atoms with E-state index in [0.717, 1.165) is 6.07 Å².